The molecule has 1 unspecified atom stereocenters. The van der Waals surface area contributed by atoms with Crippen LogP contribution in [-0.2, 0) is 6.54 Å². The number of nitrogens with one attached hydrogen (secondary N) is 1. The molecule has 0 aliphatic heterocycles. The predicted octanol–water partition coefficient (Wildman–Crippen LogP) is 3.53. The lowest BCUT2D eigenvalue weighted by Crippen LogP contribution is -2.26. The fourth-order valence-electron chi connectivity index (χ4n) is 2.01. The van der Waals surface area contributed by atoms with Crippen molar-refractivity contribution >= 4 is 17.3 Å². The van der Waals surface area contributed by atoms with E-state index in [4.69, 9.17) is 11.6 Å². The van der Waals surface area contributed by atoms with E-state index in [0.29, 0.717) is 17.6 Å². The molecule has 1 aliphatic carbocycles. The minimum atomic E-state index is -0.432. The van der Waals surface area contributed by atoms with E-state index < -0.39 is 4.92 Å². The van der Waals surface area contributed by atoms with Gasteiger partial charge in [0.2, 0.25) is 0 Å². The molecule has 1 aromatic rings. The van der Waals surface area contributed by atoms with Gasteiger partial charge in [-0.15, -0.1) is 0 Å². The molecule has 1 fully saturated rings. The van der Waals surface area contributed by atoms with Crippen LogP contribution in [0, 0.1) is 16.0 Å². The van der Waals surface area contributed by atoms with Crippen molar-refractivity contribution in [1.29, 1.82) is 0 Å². The van der Waals surface area contributed by atoms with Crippen LogP contribution in [0.3, 0.4) is 0 Å². The zero-order chi connectivity index (χ0) is 13.1. The summed E-state index contributed by atoms with van der Waals surface area (Å²) in [6.45, 7) is 2.82. The van der Waals surface area contributed by atoms with Gasteiger partial charge in [0, 0.05) is 24.7 Å². The van der Waals surface area contributed by atoms with Gasteiger partial charge in [-0.25, -0.2) is 0 Å². The lowest BCUT2D eigenvalue weighted by Gasteiger charge is -2.13. The molecule has 4 nitrogen and oxygen atoms in total. The van der Waals surface area contributed by atoms with Crippen molar-refractivity contribution in [3.8, 4) is 0 Å². The molecule has 1 aromatic carbocycles. The average Bonchev–Trinajstić information content (AvgIpc) is 3.11. The van der Waals surface area contributed by atoms with Crippen LogP contribution in [0.15, 0.2) is 18.2 Å². The van der Waals surface area contributed by atoms with Crippen molar-refractivity contribution in [3.63, 3.8) is 0 Å². The highest BCUT2D eigenvalue weighted by Crippen LogP contribution is 2.33. The Balaban J connectivity index is 1.90. The smallest absolute Gasteiger partial charge is 0.270 e. The Morgan fingerprint density at radius 1 is 1.56 bits per heavy atom. The molecule has 2 rings (SSSR count). The Kier molecular flexibility index (Phi) is 4.19. The van der Waals surface area contributed by atoms with Crippen LogP contribution in [0.25, 0.3) is 0 Å². The lowest BCUT2D eigenvalue weighted by atomic mass is 10.1. The Labute approximate surface area is 111 Å². The van der Waals surface area contributed by atoms with Crippen molar-refractivity contribution in [3.05, 3.63) is 38.9 Å². The number of nitro benzene ring substituents is 1. The monoisotopic (exact) mass is 268 g/mol. The first kappa shape index (κ1) is 13.3. The van der Waals surface area contributed by atoms with Crippen molar-refractivity contribution < 1.29 is 4.92 Å². The van der Waals surface area contributed by atoms with Gasteiger partial charge in [0.05, 0.1) is 9.95 Å². The van der Waals surface area contributed by atoms with Crippen molar-refractivity contribution in [1.82, 2.24) is 5.32 Å². The molecular weight excluding hydrogens is 252 g/mol. The van der Waals surface area contributed by atoms with Gasteiger partial charge in [-0.2, -0.15) is 0 Å². The molecule has 0 spiro atoms. The van der Waals surface area contributed by atoms with E-state index >= 15 is 0 Å². The average molecular weight is 269 g/mol. The second-order valence-electron chi connectivity index (χ2n) is 4.99. The van der Waals surface area contributed by atoms with Crippen molar-refractivity contribution in [2.24, 2.45) is 5.92 Å². The molecule has 1 aliphatic rings. The van der Waals surface area contributed by atoms with Gasteiger partial charge in [-0.3, -0.25) is 10.1 Å². The summed E-state index contributed by atoms with van der Waals surface area (Å²) in [4.78, 5) is 10.2. The summed E-state index contributed by atoms with van der Waals surface area (Å²) >= 11 is 6.03. The standard InChI is InChI=1S/C13H17ClN2O2/c1-9(6-10-2-3-10)15-8-11-4-5-12(16(17)18)7-13(11)14/h4-5,7,9-10,15H,2-3,6,8H2,1H3. The first-order chi connectivity index (χ1) is 8.56. The van der Waals surface area contributed by atoms with Crippen molar-refractivity contribution in [2.45, 2.75) is 38.8 Å². The molecule has 5 heteroatoms. The van der Waals surface area contributed by atoms with E-state index in [9.17, 15) is 10.1 Å². The third kappa shape index (κ3) is 3.68. The number of nitrogens with zero attached hydrogens (tertiary/aromatic N) is 1. The summed E-state index contributed by atoms with van der Waals surface area (Å²) in [7, 11) is 0. The molecule has 0 heterocycles. The SMILES string of the molecule is CC(CC1CC1)NCc1ccc([N+](=O)[O-])cc1Cl. The van der Waals surface area contributed by atoms with Crippen LogP contribution in [0.1, 0.15) is 31.7 Å². The first-order valence-electron chi connectivity index (χ1n) is 6.22. The van der Waals surface area contributed by atoms with E-state index in [1.807, 2.05) is 0 Å². The van der Waals surface area contributed by atoms with E-state index in [1.165, 1.54) is 31.4 Å². The maximum atomic E-state index is 10.6. The fourth-order valence-corrected chi connectivity index (χ4v) is 2.26. The second-order valence-corrected chi connectivity index (χ2v) is 5.40. The normalized spacial score (nSPS) is 16.6. The Bertz CT molecular complexity index is 447. The van der Waals surface area contributed by atoms with Crippen LogP contribution < -0.4 is 5.32 Å². The van der Waals surface area contributed by atoms with Gasteiger partial charge in [0.15, 0.2) is 0 Å². The molecule has 1 saturated carbocycles. The maximum Gasteiger partial charge on any atom is 0.270 e. The Morgan fingerprint density at radius 3 is 2.83 bits per heavy atom. The zero-order valence-corrected chi connectivity index (χ0v) is 11.1. The first-order valence-corrected chi connectivity index (χ1v) is 6.60. The van der Waals surface area contributed by atoms with Gasteiger partial charge >= 0.3 is 0 Å². The van der Waals surface area contributed by atoms with Crippen LogP contribution >= 0.6 is 11.6 Å². The maximum absolute atomic E-state index is 10.6. The quantitative estimate of drug-likeness (QED) is 0.634. The van der Waals surface area contributed by atoms with Crippen LogP contribution in [-0.4, -0.2) is 11.0 Å². The molecule has 0 radical (unpaired) electrons. The number of nitro groups is 1. The number of non-ortho nitro benzene ring substituents is 1. The topological polar surface area (TPSA) is 55.2 Å². The predicted molar refractivity (Wildman–Crippen MR) is 71.7 cm³/mol. The van der Waals surface area contributed by atoms with E-state index in [0.717, 1.165) is 11.5 Å². The van der Waals surface area contributed by atoms with E-state index in [1.54, 1.807) is 6.07 Å². The third-order valence-corrected chi connectivity index (χ3v) is 3.62. The molecule has 0 saturated heterocycles. The van der Waals surface area contributed by atoms with Crippen molar-refractivity contribution in [2.75, 3.05) is 0 Å². The molecule has 0 aromatic heterocycles. The van der Waals surface area contributed by atoms with Crippen LogP contribution in [0.5, 0.6) is 0 Å². The number of rotatable bonds is 6. The molecule has 98 valence electrons. The van der Waals surface area contributed by atoms with Crippen LogP contribution in [0.4, 0.5) is 5.69 Å². The lowest BCUT2D eigenvalue weighted by molar-refractivity contribution is -0.384. The molecule has 0 amide bonds. The number of benzene rings is 1. The van der Waals surface area contributed by atoms with Crippen LogP contribution in [0.2, 0.25) is 5.02 Å². The molecule has 1 atom stereocenters. The summed E-state index contributed by atoms with van der Waals surface area (Å²) in [6.07, 6.45) is 3.90. The summed E-state index contributed by atoms with van der Waals surface area (Å²) < 4.78 is 0. The molecule has 0 bridgehead atoms. The third-order valence-electron chi connectivity index (χ3n) is 3.27. The van der Waals surface area contributed by atoms with Gasteiger partial charge in [-0.05, 0) is 30.9 Å². The minimum Gasteiger partial charge on any atom is -0.310 e. The van der Waals surface area contributed by atoms with E-state index in [2.05, 4.69) is 12.2 Å². The number of hydrogen-bond donors (Lipinski definition) is 1. The Hall–Kier alpha value is -1.13. The second kappa shape index (κ2) is 5.67. The molecule has 1 N–H and O–H groups in total. The number of halogens is 1. The Morgan fingerprint density at radius 2 is 2.28 bits per heavy atom. The van der Waals surface area contributed by atoms with Gasteiger partial charge in [0.25, 0.3) is 5.69 Å². The minimum absolute atomic E-state index is 0.0368. The summed E-state index contributed by atoms with van der Waals surface area (Å²) in [6, 6.07) is 5.08. The number of hydrogen-bond acceptors (Lipinski definition) is 3. The zero-order valence-electron chi connectivity index (χ0n) is 10.4. The highest BCUT2D eigenvalue weighted by molar-refractivity contribution is 6.31. The van der Waals surface area contributed by atoms with Gasteiger partial charge < -0.3 is 5.32 Å². The summed E-state index contributed by atoms with van der Waals surface area (Å²) in [5.41, 5.74) is 0.944. The fraction of sp³-hybridized carbons (Fsp3) is 0.538. The molecular formula is C13H17ClN2O2. The highest BCUT2D eigenvalue weighted by atomic mass is 35.5. The summed E-state index contributed by atoms with van der Waals surface area (Å²) in [5.74, 6) is 0.889. The molecule has 18 heavy (non-hydrogen) atoms. The summed E-state index contributed by atoms with van der Waals surface area (Å²) in [5, 5.41) is 14.4. The largest absolute Gasteiger partial charge is 0.310 e. The van der Waals surface area contributed by atoms with Gasteiger partial charge in [-0.1, -0.05) is 24.4 Å². The highest BCUT2D eigenvalue weighted by Gasteiger charge is 2.23. The van der Waals surface area contributed by atoms with Gasteiger partial charge in [0.1, 0.15) is 0 Å². The van der Waals surface area contributed by atoms with E-state index in [-0.39, 0.29) is 5.69 Å².